The smallest absolute Gasteiger partial charge is 0.189 e. The zero-order valence-electron chi connectivity index (χ0n) is 10.4. The maximum Gasteiger partial charge on any atom is 0.189 e. The molecule has 0 spiro atoms. The number of fused-ring (bicyclic) bond motifs is 2. The Morgan fingerprint density at radius 1 is 1.28 bits per heavy atom. The molecule has 1 aromatic carbocycles. The second-order valence-corrected chi connectivity index (χ2v) is 5.33. The Bertz CT molecular complexity index is 430. The molecule has 0 radical (unpaired) electrons. The monoisotopic (exact) mass is 246 g/mol. The predicted molar refractivity (Wildman–Crippen MR) is 67.6 cm³/mol. The van der Waals surface area contributed by atoms with E-state index in [1.807, 2.05) is 12.1 Å². The lowest BCUT2D eigenvalue weighted by Gasteiger charge is -2.22. The van der Waals surface area contributed by atoms with Crippen LogP contribution in [0.15, 0.2) is 24.3 Å². The van der Waals surface area contributed by atoms with Crippen LogP contribution in [0.2, 0.25) is 0 Å². The van der Waals surface area contributed by atoms with Gasteiger partial charge in [-0.15, -0.1) is 0 Å². The van der Waals surface area contributed by atoms with Crippen molar-refractivity contribution < 1.29 is 14.3 Å². The number of carbonyl (C=O) groups excluding carboxylic acids is 1. The van der Waals surface area contributed by atoms with Crippen molar-refractivity contribution in [1.82, 2.24) is 0 Å². The van der Waals surface area contributed by atoms with Crippen molar-refractivity contribution >= 4 is 6.29 Å². The van der Waals surface area contributed by atoms with E-state index in [0.717, 1.165) is 18.1 Å². The molecular weight excluding hydrogens is 228 g/mol. The highest BCUT2D eigenvalue weighted by Gasteiger charge is 2.40. The Hall–Kier alpha value is -1.35. The summed E-state index contributed by atoms with van der Waals surface area (Å²) in [5, 5.41) is 0. The van der Waals surface area contributed by atoms with Gasteiger partial charge in [-0.2, -0.15) is 0 Å². The Morgan fingerprint density at radius 2 is 2.22 bits per heavy atom. The topological polar surface area (TPSA) is 35.5 Å². The van der Waals surface area contributed by atoms with Crippen molar-refractivity contribution in [2.75, 3.05) is 6.79 Å². The molecule has 0 aromatic heterocycles. The predicted octanol–water partition coefficient (Wildman–Crippen LogP) is 3.04. The largest absolute Gasteiger partial charge is 0.468 e. The molecule has 18 heavy (non-hydrogen) atoms. The van der Waals surface area contributed by atoms with Crippen LogP contribution in [0.4, 0.5) is 0 Å². The molecule has 0 aliphatic heterocycles. The van der Waals surface area contributed by atoms with Crippen molar-refractivity contribution in [3.8, 4) is 5.75 Å². The van der Waals surface area contributed by atoms with E-state index in [0.29, 0.717) is 17.4 Å². The van der Waals surface area contributed by atoms with Gasteiger partial charge in [0, 0.05) is 5.56 Å². The summed E-state index contributed by atoms with van der Waals surface area (Å²) >= 11 is 0. The van der Waals surface area contributed by atoms with Crippen LogP contribution < -0.4 is 4.74 Å². The van der Waals surface area contributed by atoms with Crippen LogP contribution in [0.3, 0.4) is 0 Å². The first-order chi connectivity index (χ1) is 8.85. The van der Waals surface area contributed by atoms with E-state index >= 15 is 0 Å². The van der Waals surface area contributed by atoms with Crippen molar-refractivity contribution in [1.29, 1.82) is 0 Å². The first kappa shape index (κ1) is 11.7. The van der Waals surface area contributed by atoms with Crippen molar-refractivity contribution in [3.05, 3.63) is 29.8 Å². The lowest BCUT2D eigenvalue weighted by Crippen LogP contribution is -2.22. The van der Waals surface area contributed by atoms with E-state index in [9.17, 15) is 4.79 Å². The molecule has 3 nitrogen and oxygen atoms in total. The summed E-state index contributed by atoms with van der Waals surface area (Å²) < 4.78 is 11.3. The van der Waals surface area contributed by atoms with E-state index < -0.39 is 0 Å². The van der Waals surface area contributed by atoms with Crippen LogP contribution in [0.1, 0.15) is 36.0 Å². The van der Waals surface area contributed by atoms with Crippen LogP contribution in [0, 0.1) is 11.8 Å². The highest BCUT2D eigenvalue weighted by Crippen LogP contribution is 2.45. The second kappa shape index (κ2) is 5.11. The minimum absolute atomic E-state index is 0.288. The van der Waals surface area contributed by atoms with Crippen LogP contribution >= 0.6 is 0 Å². The van der Waals surface area contributed by atoms with Gasteiger partial charge < -0.3 is 9.47 Å². The normalized spacial score (nSPS) is 29.4. The average Bonchev–Trinajstić information content (AvgIpc) is 3.01. The molecule has 1 aromatic rings. The maximum atomic E-state index is 10.6. The molecule has 3 rings (SSSR count). The standard InChI is InChI=1S/C15H18O3/c16-9-12-2-1-3-14(7-12)17-10-18-15-8-11-4-5-13(15)6-11/h1-3,7,9,11,13,15H,4-6,8,10H2/t11-,13-,15-/m1/s1. The molecule has 0 unspecified atom stereocenters. The van der Waals surface area contributed by atoms with Gasteiger partial charge in [0.25, 0.3) is 0 Å². The number of aldehydes is 1. The maximum absolute atomic E-state index is 10.6. The minimum atomic E-state index is 0.288. The third-order valence-electron chi connectivity index (χ3n) is 4.18. The molecule has 96 valence electrons. The first-order valence-corrected chi connectivity index (χ1v) is 6.65. The molecule has 2 fully saturated rings. The average molecular weight is 246 g/mol. The van der Waals surface area contributed by atoms with Gasteiger partial charge in [0.1, 0.15) is 12.0 Å². The Kier molecular flexibility index (Phi) is 3.33. The van der Waals surface area contributed by atoms with Crippen molar-refractivity contribution in [2.24, 2.45) is 11.8 Å². The zero-order valence-corrected chi connectivity index (χ0v) is 10.4. The fourth-order valence-corrected chi connectivity index (χ4v) is 3.26. The molecule has 2 bridgehead atoms. The number of carbonyl (C=O) groups is 1. The van der Waals surface area contributed by atoms with E-state index in [4.69, 9.17) is 9.47 Å². The first-order valence-electron chi connectivity index (χ1n) is 6.65. The lowest BCUT2D eigenvalue weighted by atomic mass is 9.98. The van der Waals surface area contributed by atoms with Crippen LogP contribution in [-0.4, -0.2) is 19.2 Å². The fourth-order valence-electron chi connectivity index (χ4n) is 3.26. The minimum Gasteiger partial charge on any atom is -0.468 e. The lowest BCUT2D eigenvalue weighted by molar-refractivity contribution is -0.0577. The third-order valence-corrected chi connectivity index (χ3v) is 4.18. The molecule has 0 amide bonds. The number of benzene rings is 1. The number of rotatable bonds is 5. The third kappa shape index (κ3) is 2.41. The van der Waals surface area contributed by atoms with E-state index in [2.05, 4.69) is 0 Å². The van der Waals surface area contributed by atoms with Gasteiger partial charge in [-0.1, -0.05) is 12.1 Å². The van der Waals surface area contributed by atoms with Crippen molar-refractivity contribution in [3.63, 3.8) is 0 Å². The summed E-state index contributed by atoms with van der Waals surface area (Å²) in [6, 6.07) is 7.15. The molecule has 3 atom stereocenters. The summed E-state index contributed by atoms with van der Waals surface area (Å²) in [5.41, 5.74) is 0.632. The van der Waals surface area contributed by atoms with Gasteiger partial charge >= 0.3 is 0 Å². The molecular formula is C15H18O3. The van der Waals surface area contributed by atoms with Gasteiger partial charge in [-0.05, 0) is 49.7 Å². The van der Waals surface area contributed by atoms with E-state index in [1.54, 1.807) is 12.1 Å². The molecule has 0 heterocycles. The molecule has 3 heteroatoms. The number of hydrogen-bond donors (Lipinski definition) is 0. The highest BCUT2D eigenvalue weighted by molar-refractivity contribution is 5.75. The van der Waals surface area contributed by atoms with E-state index in [-0.39, 0.29) is 6.79 Å². The van der Waals surface area contributed by atoms with Gasteiger partial charge in [-0.3, -0.25) is 4.79 Å². The van der Waals surface area contributed by atoms with Gasteiger partial charge in [0.15, 0.2) is 6.79 Å². The van der Waals surface area contributed by atoms with Gasteiger partial charge in [-0.25, -0.2) is 0 Å². The Labute approximate surface area is 107 Å². The Morgan fingerprint density at radius 3 is 2.94 bits per heavy atom. The Balaban J connectivity index is 1.48. The van der Waals surface area contributed by atoms with Crippen molar-refractivity contribution in [2.45, 2.75) is 31.8 Å². The second-order valence-electron chi connectivity index (χ2n) is 5.33. The van der Waals surface area contributed by atoms with Gasteiger partial charge in [0.2, 0.25) is 0 Å². The summed E-state index contributed by atoms with van der Waals surface area (Å²) in [6.45, 7) is 0.288. The zero-order chi connectivity index (χ0) is 12.4. The summed E-state index contributed by atoms with van der Waals surface area (Å²) in [5.74, 6) is 2.33. The molecule has 2 aliphatic carbocycles. The molecule has 0 saturated heterocycles. The molecule has 2 aliphatic rings. The highest BCUT2D eigenvalue weighted by atomic mass is 16.7. The molecule has 0 N–H and O–H groups in total. The number of hydrogen-bond acceptors (Lipinski definition) is 3. The van der Waals surface area contributed by atoms with Crippen LogP contribution in [-0.2, 0) is 4.74 Å². The summed E-state index contributed by atoms with van der Waals surface area (Å²) in [6.07, 6.45) is 6.44. The SMILES string of the molecule is O=Cc1cccc(OCO[C@@H]2C[C@@H]3CC[C@@H]2C3)c1. The number of ether oxygens (including phenoxy) is 2. The van der Waals surface area contributed by atoms with Crippen LogP contribution in [0.25, 0.3) is 0 Å². The summed E-state index contributed by atoms with van der Waals surface area (Å²) in [4.78, 5) is 10.6. The summed E-state index contributed by atoms with van der Waals surface area (Å²) in [7, 11) is 0. The fraction of sp³-hybridized carbons (Fsp3) is 0.533. The van der Waals surface area contributed by atoms with E-state index in [1.165, 1.54) is 25.7 Å². The molecule has 2 saturated carbocycles. The van der Waals surface area contributed by atoms with Gasteiger partial charge in [0.05, 0.1) is 6.10 Å². The van der Waals surface area contributed by atoms with Crippen LogP contribution in [0.5, 0.6) is 5.75 Å². The quantitative estimate of drug-likeness (QED) is 0.591.